The van der Waals surface area contributed by atoms with Gasteiger partial charge in [-0.05, 0) is 30.2 Å². The molecule has 21 heavy (non-hydrogen) atoms. The van der Waals surface area contributed by atoms with Crippen molar-refractivity contribution in [3.63, 3.8) is 0 Å². The summed E-state index contributed by atoms with van der Waals surface area (Å²) in [6.45, 7) is 3.86. The van der Waals surface area contributed by atoms with Crippen molar-refractivity contribution in [3.8, 4) is 5.75 Å². The molecule has 2 aromatic carbocycles. The van der Waals surface area contributed by atoms with Crippen LogP contribution in [-0.4, -0.2) is 11.2 Å². The van der Waals surface area contributed by atoms with Crippen LogP contribution in [0.2, 0.25) is 0 Å². The first-order chi connectivity index (χ1) is 10.4. The van der Waals surface area contributed by atoms with E-state index in [1.165, 1.54) is 16.5 Å². The molecule has 0 atom stereocenters. The largest absolute Gasteiger partial charge is 0.493 e. The second-order valence-corrected chi connectivity index (χ2v) is 5.32. The highest BCUT2D eigenvalue weighted by Gasteiger charge is 2.06. The van der Waals surface area contributed by atoms with Crippen LogP contribution in [0.25, 0.3) is 10.9 Å². The molecule has 0 saturated carbocycles. The molecule has 0 radical (unpaired) electrons. The number of benzene rings is 2. The quantitative estimate of drug-likeness (QED) is 0.587. The normalized spacial score (nSPS) is 10.9. The molecule has 0 aliphatic rings. The molecule has 0 aliphatic heterocycles. The highest BCUT2D eigenvalue weighted by molar-refractivity contribution is 5.86. The molecule has 0 amide bonds. The zero-order valence-electron chi connectivity index (χ0n) is 12.5. The molecule has 3 rings (SSSR count). The maximum Gasteiger partial charge on any atom is 0.128 e. The van der Waals surface area contributed by atoms with Gasteiger partial charge < -0.3 is 9.30 Å². The number of aromatic nitrogens is 1. The van der Waals surface area contributed by atoms with Gasteiger partial charge >= 0.3 is 0 Å². The highest BCUT2D eigenvalue weighted by atomic mass is 16.5. The highest BCUT2D eigenvalue weighted by Crippen LogP contribution is 2.27. The lowest BCUT2D eigenvalue weighted by atomic mass is 10.2. The van der Waals surface area contributed by atoms with Crippen LogP contribution in [0, 0.1) is 0 Å². The van der Waals surface area contributed by atoms with Gasteiger partial charge in [0.2, 0.25) is 0 Å². The summed E-state index contributed by atoms with van der Waals surface area (Å²) in [5.41, 5.74) is 2.54. The Kier molecular flexibility index (Phi) is 4.25. The third kappa shape index (κ3) is 3.10. The number of fused-ring (bicyclic) bond motifs is 1. The van der Waals surface area contributed by atoms with Crippen LogP contribution < -0.4 is 4.74 Å². The van der Waals surface area contributed by atoms with Gasteiger partial charge in [0.15, 0.2) is 0 Å². The Labute approximate surface area is 126 Å². The Bertz CT molecular complexity index is 700. The van der Waals surface area contributed by atoms with E-state index in [9.17, 15) is 0 Å². The molecule has 0 N–H and O–H groups in total. The van der Waals surface area contributed by atoms with Crippen LogP contribution in [0.1, 0.15) is 25.3 Å². The van der Waals surface area contributed by atoms with E-state index in [4.69, 9.17) is 4.74 Å². The molecule has 0 bridgehead atoms. The second kappa shape index (κ2) is 6.49. The lowest BCUT2D eigenvalue weighted by Gasteiger charge is -2.09. The summed E-state index contributed by atoms with van der Waals surface area (Å²) < 4.78 is 8.19. The van der Waals surface area contributed by atoms with Gasteiger partial charge in [-0.3, -0.25) is 0 Å². The van der Waals surface area contributed by atoms with Crippen LogP contribution in [0.3, 0.4) is 0 Å². The zero-order chi connectivity index (χ0) is 14.5. The average Bonchev–Trinajstić information content (AvgIpc) is 2.93. The summed E-state index contributed by atoms with van der Waals surface area (Å²) in [5.74, 6) is 0.993. The van der Waals surface area contributed by atoms with Crippen molar-refractivity contribution in [3.05, 3.63) is 66.4 Å². The van der Waals surface area contributed by atoms with Crippen molar-refractivity contribution in [1.29, 1.82) is 0 Å². The van der Waals surface area contributed by atoms with E-state index in [1.54, 1.807) is 0 Å². The van der Waals surface area contributed by atoms with Gasteiger partial charge in [0.05, 0.1) is 12.1 Å². The fourth-order valence-electron chi connectivity index (χ4n) is 2.57. The molecular weight excluding hydrogens is 258 g/mol. The molecular formula is C19H21NO. The smallest absolute Gasteiger partial charge is 0.128 e. The van der Waals surface area contributed by atoms with E-state index in [-0.39, 0.29) is 0 Å². The van der Waals surface area contributed by atoms with Crippen LogP contribution in [0.4, 0.5) is 0 Å². The Hall–Kier alpha value is -2.22. The molecule has 3 aromatic rings. The third-order valence-corrected chi connectivity index (χ3v) is 3.72. The Balaban J connectivity index is 1.86. The zero-order valence-corrected chi connectivity index (χ0v) is 12.5. The number of unbranched alkanes of at least 4 members (excludes halogenated alkanes) is 1. The third-order valence-electron chi connectivity index (χ3n) is 3.72. The van der Waals surface area contributed by atoms with Gasteiger partial charge in [-0.25, -0.2) is 0 Å². The van der Waals surface area contributed by atoms with E-state index in [1.807, 2.05) is 0 Å². The molecule has 0 spiro atoms. The molecule has 0 fully saturated rings. The minimum absolute atomic E-state index is 0.791. The van der Waals surface area contributed by atoms with Gasteiger partial charge in [-0.1, -0.05) is 49.7 Å². The van der Waals surface area contributed by atoms with Gasteiger partial charge in [0.25, 0.3) is 0 Å². The van der Waals surface area contributed by atoms with Gasteiger partial charge in [0.1, 0.15) is 5.75 Å². The van der Waals surface area contributed by atoms with E-state index >= 15 is 0 Å². The first-order valence-corrected chi connectivity index (χ1v) is 7.63. The summed E-state index contributed by atoms with van der Waals surface area (Å²) in [6.07, 6.45) is 4.40. The van der Waals surface area contributed by atoms with Crippen molar-refractivity contribution in [1.82, 2.24) is 4.57 Å². The maximum atomic E-state index is 5.91. The number of rotatable bonds is 6. The first-order valence-electron chi connectivity index (χ1n) is 7.63. The Morgan fingerprint density at radius 3 is 2.62 bits per heavy atom. The standard InChI is InChI=1S/C19H21NO/c1-2-3-14-21-19-11-7-10-18-17(19)12-13-20(18)15-16-8-5-4-6-9-16/h4-13H,2-3,14-15H2,1H3. The minimum atomic E-state index is 0.791. The van der Waals surface area contributed by atoms with Crippen molar-refractivity contribution < 1.29 is 4.74 Å². The van der Waals surface area contributed by atoms with Crippen LogP contribution >= 0.6 is 0 Å². The fourth-order valence-corrected chi connectivity index (χ4v) is 2.57. The van der Waals surface area contributed by atoms with Gasteiger partial charge in [0, 0.05) is 18.1 Å². The predicted octanol–water partition coefficient (Wildman–Crippen LogP) is 4.87. The SMILES string of the molecule is CCCCOc1cccc2c1ccn2Cc1ccccc1. The molecule has 0 saturated heterocycles. The Morgan fingerprint density at radius 1 is 0.952 bits per heavy atom. The monoisotopic (exact) mass is 279 g/mol. The number of hydrogen-bond acceptors (Lipinski definition) is 1. The molecule has 0 aliphatic carbocycles. The van der Waals surface area contributed by atoms with E-state index < -0.39 is 0 Å². The van der Waals surface area contributed by atoms with Crippen molar-refractivity contribution in [2.75, 3.05) is 6.61 Å². The first kappa shape index (κ1) is 13.7. The molecule has 2 heteroatoms. The summed E-state index contributed by atoms with van der Waals surface area (Å²) in [4.78, 5) is 0. The van der Waals surface area contributed by atoms with Crippen LogP contribution in [-0.2, 0) is 6.54 Å². The number of hydrogen-bond donors (Lipinski definition) is 0. The van der Waals surface area contributed by atoms with Crippen molar-refractivity contribution in [2.45, 2.75) is 26.3 Å². The van der Waals surface area contributed by atoms with E-state index in [2.05, 4.69) is 72.3 Å². The molecule has 1 heterocycles. The average molecular weight is 279 g/mol. The summed E-state index contributed by atoms with van der Waals surface area (Å²) in [6, 6.07) is 19.0. The van der Waals surface area contributed by atoms with Gasteiger partial charge in [-0.2, -0.15) is 0 Å². The summed E-state index contributed by atoms with van der Waals surface area (Å²) in [7, 11) is 0. The van der Waals surface area contributed by atoms with Crippen molar-refractivity contribution in [2.24, 2.45) is 0 Å². The lowest BCUT2D eigenvalue weighted by Crippen LogP contribution is -1.99. The maximum absolute atomic E-state index is 5.91. The van der Waals surface area contributed by atoms with Crippen LogP contribution in [0.15, 0.2) is 60.8 Å². The number of ether oxygens (including phenoxy) is 1. The van der Waals surface area contributed by atoms with E-state index in [0.717, 1.165) is 31.7 Å². The van der Waals surface area contributed by atoms with Crippen LogP contribution in [0.5, 0.6) is 5.75 Å². The minimum Gasteiger partial charge on any atom is -0.493 e. The Morgan fingerprint density at radius 2 is 1.81 bits per heavy atom. The summed E-state index contributed by atoms with van der Waals surface area (Å²) in [5, 5.41) is 1.20. The summed E-state index contributed by atoms with van der Waals surface area (Å²) >= 11 is 0. The predicted molar refractivity (Wildman–Crippen MR) is 87.9 cm³/mol. The second-order valence-electron chi connectivity index (χ2n) is 5.32. The fraction of sp³-hybridized carbons (Fsp3) is 0.263. The molecule has 0 unspecified atom stereocenters. The molecule has 1 aromatic heterocycles. The van der Waals surface area contributed by atoms with Gasteiger partial charge in [-0.15, -0.1) is 0 Å². The van der Waals surface area contributed by atoms with Crippen molar-refractivity contribution >= 4 is 10.9 Å². The number of nitrogens with zero attached hydrogens (tertiary/aromatic N) is 1. The topological polar surface area (TPSA) is 14.2 Å². The van der Waals surface area contributed by atoms with E-state index in [0.29, 0.717) is 0 Å². The molecule has 108 valence electrons. The molecule has 2 nitrogen and oxygen atoms in total. The lowest BCUT2D eigenvalue weighted by molar-refractivity contribution is 0.313.